The van der Waals surface area contributed by atoms with Gasteiger partial charge in [-0.05, 0) is 48.0 Å². The highest BCUT2D eigenvalue weighted by Gasteiger charge is 2.18. The van der Waals surface area contributed by atoms with Gasteiger partial charge in [0.25, 0.3) is 5.91 Å². The highest BCUT2D eigenvalue weighted by atomic mass is 35.5. The molecule has 3 heterocycles. The van der Waals surface area contributed by atoms with Crippen molar-refractivity contribution in [3.63, 3.8) is 0 Å². The Balaban J connectivity index is 0.00000182. The van der Waals surface area contributed by atoms with Gasteiger partial charge in [0.1, 0.15) is 11.4 Å². The molecule has 0 fully saturated rings. The molecule has 6 heteroatoms. The number of benzene rings is 1. The van der Waals surface area contributed by atoms with E-state index in [2.05, 4.69) is 10.3 Å². The van der Waals surface area contributed by atoms with Crippen LogP contribution in [0.1, 0.15) is 10.5 Å². The standard InChI is InChI=1S/C19H17N3O2.ClH/c1-24-16-4-2-13(3-5-16)17-10-14(6-7-20-17)15-11-18-19(23)21-8-9-22(18)12-15;/h2-7,10-12H,8-9H2,1H3,(H,21,23);1H. The Morgan fingerprint density at radius 1 is 1.08 bits per heavy atom. The fraction of sp³-hybridized carbons (Fsp3) is 0.158. The topological polar surface area (TPSA) is 56.1 Å². The number of nitrogens with one attached hydrogen (secondary N) is 1. The van der Waals surface area contributed by atoms with E-state index in [9.17, 15) is 4.79 Å². The molecule has 0 atom stereocenters. The molecule has 0 spiro atoms. The fourth-order valence-corrected chi connectivity index (χ4v) is 2.95. The first kappa shape index (κ1) is 17.0. The number of nitrogens with zero attached hydrogens (tertiary/aromatic N) is 2. The number of aromatic nitrogens is 2. The van der Waals surface area contributed by atoms with Gasteiger partial charge < -0.3 is 14.6 Å². The zero-order chi connectivity index (χ0) is 16.5. The number of methoxy groups -OCH3 is 1. The highest BCUT2D eigenvalue weighted by molar-refractivity contribution is 5.95. The Bertz CT molecular complexity index is 903. The van der Waals surface area contributed by atoms with E-state index in [4.69, 9.17) is 4.74 Å². The molecule has 25 heavy (non-hydrogen) atoms. The van der Waals surface area contributed by atoms with Crippen LogP contribution in [0.4, 0.5) is 0 Å². The van der Waals surface area contributed by atoms with Crippen molar-refractivity contribution in [2.75, 3.05) is 13.7 Å². The number of ether oxygens (including phenoxy) is 1. The molecular weight excluding hydrogens is 338 g/mol. The SMILES string of the molecule is COc1ccc(-c2cc(-c3cc4n(c3)CCNC4=O)ccn2)cc1.Cl. The summed E-state index contributed by atoms with van der Waals surface area (Å²) in [6, 6.07) is 13.8. The molecule has 0 aliphatic carbocycles. The summed E-state index contributed by atoms with van der Waals surface area (Å²) in [5, 5.41) is 2.87. The first-order valence-corrected chi connectivity index (χ1v) is 7.84. The van der Waals surface area contributed by atoms with Gasteiger partial charge in [0.2, 0.25) is 0 Å². The largest absolute Gasteiger partial charge is 0.497 e. The number of hydrogen-bond acceptors (Lipinski definition) is 3. The van der Waals surface area contributed by atoms with Crippen LogP contribution in [0, 0.1) is 0 Å². The molecule has 5 nitrogen and oxygen atoms in total. The molecule has 0 saturated heterocycles. The maximum absolute atomic E-state index is 11.9. The predicted molar refractivity (Wildman–Crippen MR) is 99.2 cm³/mol. The smallest absolute Gasteiger partial charge is 0.267 e. The van der Waals surface area contributed by atoms with Crippen molar-refractivity contribution < 1.29 is 9.53 Å². The molecular formula is C19H18ClN3O2. The fourth-order valence-electron chi connectivity index (χ4n) is 2.95. The number of pyridine rings is 1. The monoisotopic (exact) mass is 355 g/mol. The molecule has 128 valence electrons. The quantitative estimate of drug-likeness (QED) is 0.783. The molecule has 0 radical (unpaired) electrons. The number of carbonyl (C=O) groups excluding carboxylic acids is 1. The van der Waals surface area contributed by atoms with Crippen LogP contribution in [0.25, 0.3) is 22.4 Å². The van der Waals surface area contributed by atoms with Gasteiger partial charge in [-0.2, -0.15) is 0 Å². The molecule has 0 saturated carbocycles. The lowest BCUT2D eigenvalue weighted by Gasteiger charge is -2.14. The van der Waals surface area contributed by atoms with Crippen molar-refractivity contribution in [2.24, 2.45) is 0 Å². The molecule has 0 unspecified atom stereocenters. The summed E-state index contributed by atoms with van der Waals surface area (Å²) in [7, 11) is 1.65. The molecule has 4 rings (SSSR count). The summed E-state index contributed by atoms with van der Waals surface area (Å²) in [5.74, 6) is 0.804. The average molecular weight is 356 g/mol. The number of fused-ring (bicyclic) bond motifs is 1. The summed E-state index contributed by atoms with van der Waals surface area (Å²) < 4.78 is 7.20. The lowest BCUT2D eigenvalue weighted by molar-refractivity contribution is 0.0928. The maximum atomic E-state index is 11.9. The van der Waals surface area contributed by atoms with Crippen LogP contribution in [0.15, 0.2) is 54.9 Å². The molecule has 3 aromatic rings. The molecule has 1 amide bonds. The Hall–Kier alpha value is -2.79. The van der Waals surface area contributed by atoms with Crippen molar-refractivity contribution >= 4 is 18.3 Å². The van der Waals surface area contributed by atoms with E-state index in [1.54, 1.807) is 13.3 Å². The normalized spacial score (nSPS) is 12.8. The van der Waals surface area contributed by atoms with Gasteiger partial charge in [-0.3, -0.25) is 9.78 Å². The number of hydrogen-bond donors (Lipinski definition) is 1. The van der Waals surface area contributed by atoms with Crippen LogP contribution in [0.3, 0.4) is 0 Å². The Kier molecular flexibility index (Phi) is 4.76. The minimum Gasteiger partial charge on any atom is -0.497 e. The van der Waals surface area contributed by atoms with Gasteiger partial charge in [-0.15, -0.1) is 12.4 Å². The summed E-state index contributed by atoms with van der Waals surface area (Å²) in [5.41, 5.74) is 4.70. The van der Waals surface area contributed by atoms with Crippen LogP contribution in [-0.4, -0.2) is 29.1 Å². The number of amides is 1. The average Bonchev–Trinajstić information content (AvgIpc) is 3.08. The minimum atomic E-state index is -0.0167. The third-order valence-corrected chi connectivity index (χ3v) is 4.25. The van der Waals surface area contributed by atoms with Gasteiger partial charge in [0.05, 0.1) is 12.8 Å². The van der Waals surface area contributed by atoms with Gasteiger partial charge in [-0.1, -0.05) is 0 Å². The second kappa shape index (κ2) is 6.99. The van der Waals surface area contributed by atoms with Crippen molar-refractivity contribution in [1.29, 1.82) is 0 Å². The molecule has 0 bridgehead atoms. The predicted octanol–water partition coefficient (Wildman–Crippen LogP) is 3.39. The van der Waals surface area contributed by atoms with E-state index in [-0.39, 0.29) is 18.3 Å². The van der Waals surface area contributed by atoms with Crippen LogP contribution in [0.2, 0.25) is 0 Å². The number of carbonyl (C=O) groups is 1. The van der Waals surface area contributed by atoms with E-state index in [0.717, 1.165) is 34.7 Å². The third-order valence-electron chi connectivity index (χ3n) is 4.25. The van der Waals surface area contributed by atoms with Gasteiger partial charge >= 0.3 is 0 Å². The van der Waals surface area contributed by atoms with Crippen LogP contribution in [-0.2, 0) is 6.54 Å². The summed E-state index contributed by atoms with van der Waals surface area (Å²) in [4.78, 5) is 16.4. The minimum absolute atomic E-state index is 0. The van der Waals surface area contributed by atoms with E-state index in [1.165, 1.54) is 0 Å². The summed E-state index contributed by atoms with van der Waals surface area (Å²) in [6.45, 7) is 1.48. The first-order chi connectivity index (χ1) is 11.7. The zero-order valence-electron chi connectivity index (χ0n) is 13.7. The van der Waals surface area contributed by atoms with Crippen molar-refractivity contribution in [3.8, 4) is 28.1 Å². The lowest BCUT2D eigenvalue weighted by atomic mass is 10.1. The summed E-state index contributed by atoms with van der Waals surface area (Å²) >= 11 is 0. The van der Waals surface area contributed by atoms with Crippen LogP contribution < -0.4 is 10.1 Å². The zero-order valence-corrected chi connectivity index (χ0v) is 14.5. The van der Waals surface area contributed by atoms with Gasteiger partial charge in [0, 0.05) is 36.6 Å². The number of halogens is 1. The molecule has 1 N–H and O–H groups in total. The third kappa shape index (κ3) is 3.23. The van der Waals surface area contributed by atoms with Gasteiger partial charge in [-0.25, -0.2) is 0 Å². The van der Waals surface area contributed by atoms with Gasteiger partial charge in [0.15, 0.2) is 0 Å². The van der Waals surface area contributed by atoms with E-state index in [0.29, 0.717) is 12.2 Å². The van der Waals surface area contributed by atoms with Crippen LogP contribution in [0.5, 0.6) is 5.75 Å². The van der Waals surface area contributed by atoms with Crippen molar-refractivity contribution in [2.45, 2.75) is 6.54 Å². The second-order valence-corrected chi connectivity index (χ2v) is 5.72. The highest BCUT2D eigenvalue weighted by Crippen LogP contribution is 2.27. The van der Waals surface area contributed by atoms with E-state index in [1.807, 2.05) is 53.2 Å². The van der Waals surface area contributed by atoms with Crippen molar-refractivity contribution in [1.82, 2.24) is 14.9 Å². The van der Waals surface area contributed by atoms with E-state index >= 15 is 0 Å². The second-order valence-electron chi connectivity index (χ2n) is 5.72. The Labute approximate surface area is 152 Å². The summed E-state index contributed by atoms with van der Waals surface area (Å²) in [6.07, 6.45) is 3.83. The Morgan fingerprint density at radius 2 is 1.88 bits per heavy atom. The molecule has 1 aromatic carbocycles. The van der Waals surface area contributed by atoms with Crippen molar-refractivity contribution in [3.05, 3.63) is 60.6 Å². The molecule has 2 aromatic heterocycles. The number of rotatable bonds is 3. The van der Waals surface area contributed by atoms with Crippen LogP contribution >= 0.6 is 12.4 Å². The lowest BCUT2D eigenvalue weighted by Crippen LogP contribution is -2.34. The van der Waals surface area contributed by atoms with E-state index < -0.39 is 0 Å². The Morgan fingerprint density at radius 3 is 2.60 bits per heavy atom. The molecule has 1 aliphatic heterocycles. The first-order valence-electron chi connectivity index (χ1n) is 7.84. The maximum Gasteiger partial charge on any atom is 0.267 e. The molecule has 1 aliphatic rings.